The molecule has 11 heteroatoms. The minimum Gasteiger partial charge on any atom is -0.407 e. The van der Waals surface area contributed by atoms with Crippen LogP contribution in [0.2, 0.25) is 0 Å². The average Bonchev–Trinajstić information content (AvgIpc) is 3.11. The van der Waals surface area contributed by atoms with E-state index >= 15 is 0 Å². The lowest BCUT2D eigenvalue weighted by Crippen LogP contribution is -2.13. The fourth-order valence-electron chi connectivity index (χ4n) is 2.57. The fourth-order valence-corrected chi connectivity index (χ4v) is 2.57. The normalized spacial score (nSPS) is 10.6. The number of non-ortho nitro benzene ring substituents is 2. The van der Waals surface area contributed by atoms with Crippen LogP contribution in [0.1, 0.15) is 32.9 Å². The molecule has 0 aliphatic heterocycles. The number of anilines is 1. The Hall–Kier alpha value is -4.15. The molecule has 0 fully saturated rings. The summed E-state index contributed by atoms with van der Waals surface area (Å²) in [5.74, 6) is -0.591. The molecule has 1 heterocycles. The van der Waals surface area contributed by atoms with Gasteiger partial charge in [-0.2, -0.15) is 0 Å². The number of nitro groups is 2. The SMILES string of the molecule is Cc1ccc(Cc2nnc(NC(=O)c3cc([N+](=O)[O-])cc([N+](=O)[O-])c3)o2)cc1C. The topological polar surface area (TPSA) is 154 Å². The molecule has 0 atom stereocenters. The number of nitrogens with zero attached hydrogens (tertiary/aromatic N) is 4. The Labute approximate surface area is 163 Å². The molecule has 1 N–H and O–H groups in total. The van der Waals surface area contributed by atoms with Gasteiger partial charge in [0.15, 0.2) is 0 Å². The highest BCUT2D eigenvalue weighted by Crippen LogP contribution is 2.23. The van der Waals surface area contributed by atoms with Crippen molar-refractivity contribution in [2.45, 2.75) is 20.3 Å². The van der Waals surface area contributed by atoms with Gasteiger partial charge in [-0.25, -0.2) is 0 Å². The lowest BCUT2D eigenvalue weighted by atomic mass is 10.0. The van der Waals surface area contributed by atoms with Gasteiger partial charge in [-0.15, -0.1) is 5.10 Å². The number of benzene rings is 2. The molecule has 3 rings (SSSR count). The molecular weight excluding hydrogens is 382 g/mol. The van der Waals surface area contributed by atoms with Gasteiger partial charge in [0, 0.05) is 12.1 Å². The Bertz CT molecular complexity index is 1090. The zero-order valence-electron chi connectivity index (χ0n) is 15.4. The predicted molar refractivity (Wildman–Crippen MR) is 101 cm³/mol. The number of amides is 1. The Morgan fingerprint density at radius 3 is 2.24 bits per heavy atom. The predicted octanol–water partition coefficient (Wildman–Crippen LogP) is 3.35. The molecule has 0 unspecified atom stereocenters. The second kappa shape index (κ2) is 7.84. The summed E-state index contributed by atoms with van der Waals surface area (Å²) in [6.07, 6.45) is 0.353. The zero-order chi connectivity index (χ0) is 21.1. The van der Waals surface area contributed by atoms with Crippen LogP contribution < -0.4 is 5.32 Å². The Balaban J connectivity index is 1.77. The highest BCUT2D eigenvalue weighted by molar-refractivity contribution is 6.04. The lowest BCUT2D eigenvalue weighted by Gasteiger charge is -2.03. The minimum absolute atomic E-state index is 0.219. The maximum Gasteiger partial charge on any atom is 0.322 e. The van der Waals surface area contributed by atoms with Gasteiger partial charge in [-0.1, -0.05) is 23.3 Å². The quantitative estimate of drug-likeness (QED) is 0.490. The van der Waals surface area contributed by atoms with Crippen molar-refractivity contribution in [3.05, 3.63) is 84.8 Å². The summed E-state index contributed by atoms with van der Waals surface area (Å²) < 4.78 is 5.38. The van der Waals surface area contributed by atoms with E-state index in [0.29, 0.717) is 6.42 Å². The number of nitrogens with one attached hydrogen (secondary N) is 1. The molecule has 0 aliphatic rings. The van der Waals surface area contributed by atoms with Crippen molar-refractivity contribution in [3.63, 3.8) is 0 Å². The minimum atomic E-state index is -0.849. The first kappa shape index (κ1) is 19.6. The van der Waals surface area contributed by atoms with Crippen LogP contribution in [0.3, 0.4) is 0 Å². The second-order valence-corrected chi connectivity index (χ2v) is 6.30. The van der Waals surface area contributed by atoms with Crippen molar-refractivity contribution < 1.29 is 19.1 Å². The number of hydrogen-bond acceptors (Lipinski definition) is 8. The molecule has 148 valence electrons. The molecular formula is C18H15N5O6. The van der Waals surface area contributed by atoms with E-state index in [-0.39, 0.29) is 17.5 Å². The van der Waals surface area contributed by atoms with Crippen molar-refractivity contribution in [2.75, 3.05) is 5.32 Å². The van der Waals surface area contributed by atoms with Crippen LogP contribution in [0, 0.1) is 34.1 Å². The molecule has 0 bridgehead atoms. The molecule has 3 aromatic rings. The van der Waals surface area contributed by atoms with Crippen LogP contribution in [-0.2, 0) is 6.42 Å². The number of carbonyl (C=O) groups is 1. The highest BCUT2D eigenvalue weighted by Gasteiger charge is 2.21. The van der Waals surface area contributed by atoms with Gasteiger partial charge in [0.05, 0.1) is 27.9 Å². The third-order valence-electron chi connectivity index (χ3n) is 4.20. The summed E-state index contributed by atoms with van der Waals surface area (Å²) >= 11 is 0. The monoisotopic (exact) mass is 397 g/mol. The van der Waals surface area contributed by atoms with Gasteiger partial charge >= 0.3 is 6.01 Å². The summed E-state index contributed by atoms with van der Waals surface area (Å²) in [7, 11) is 0. The van der Waals surface area contributed by atoms with Crippen molar-refractivity contribution in [1.82, 2.24) is 10.2 Å². The third-order valence-corrected chi connectivity index (χ3v) is 4.20. The third kappa shape index (κ3) is 4.58. The maximum absolute atomic E-state index is 12.3. The number of nitro benzene ring substituents is 2. The van der Waals surface area contributed by atoms with Crippen LogP contribution in [0.25, 0.3) is 0 Å². The van der Waals surface area contributed by atoms with E-state index in [0.717, 1.165) is 34.9 Å². The molecule has 2 aromatic carbocycles. The van der Waals surface area contributed by atoms with E-state index in [9.17, 15) is 25.0 Å². The molecule has 0 spiro atoms. The van der Waals surface area contributed by atoms with Gasteiger partial charge < -0.3 is 4.42 Å². The molecule has 1 amide bonds. The number of aromatic nitrogens is 2. The van der Waals surface area contributed by atoms with E-state index in [1.165, 1.54) is 0 Å². The molecule has 0 saturated carbocycles. The summed E-state index contributed by atoms with van der Waals surface area (Å²) in [5, 5.41) is 31.7. The number of hydrogen-bond donors (Lipinski definition) is 1. The van der Waals surface area contributed by atoms with E-state index in [2.05, 4.69) is 15.5 Å². The summed E-state index contributed by atoms with van der Waals surface area (Å²) in [5.41, 5.74) is 1.78. The van der Waals surface area contributed by atoms with Crippen molar-refractivity contribution in [3.8, 4) is 0 Å². The van der Waals surface area contributed by atoms with Crippen molar-refractivity contribution in [1.29, 1.82) is 0 Å². The van der Waals surface area contributed by atoms with E-state index < -0.39 is 27.1 Å². The first-order valence-electron chi connectivity index (χ1n) is 8.36. The number of rotatable bonds is 6. The Kier molecular flexibility index (Phi) is 5.30. The van der Waals surface area contributed by atoms with Crippen LogP contribution in [-0.4, -0.2) is 26.0 Å². The highest BCUT2D eigenvalue weighted by atomic mass is 16.6. The van der Waals surface area contributed by atoms with Gasteiger partial charge in [-0.3, -0.25) is 30.3 Å². The Morgan fingerprint density at radius 2 is 1.66 bits per heavy atom. The summed E-state index contributed by atoms with van der Waals surface area (Å²) in [6.45, 7) is 3.98. The van der Waals surface area contributed by atoms with E-state index in [1.807, 2.05) is 32.0 Å². The molecule has 29 heavy (non-hydrogen) atoms. The van der Waals surface area contributed by atoms with Gasteiger partial charge in [0.1, 0.15) is 0 Å². The van der Waals surface area contributed by atoms with Gasteiger partial charge in [-0.05, 0) is 30.5 Å². The molecule has 1 aromatic heterocycles. The molecule has 11 nitrogen and oxygen atoms in total. The second-order valence-electron chi connectivity index (χ2n) is 6.30. The smallest absolute Gasteiger partial charge is 0.322 e. The number of carbonyl (C=O) groups excluding carboxylic acids is 1. The molecule has 0 saturated heterocycles. The average molecular weight is 397 g/mol. The van der Waals surface area contributed by atoms with Gasteiger partial charge in [0.2, 0.25) is 5.89 Å². The van der Waals surface area contributed by atoms with Crippen LogP contribution >= 0.6 is 0 Å². The van der Waals surface area contributed by atoms with Crippen LogP contribution in [0.4, 0.5) is 17.4 Å². The van der Waals surface area contributed by atoms with Gasteiger partial charge in [0.25, 0.3) is 17.3 Å². The maximum atomic E-state index is 12.3. The largest absolute Gasteiger partial charge is 0.407 e. The van der Waals surface area contributed by atoms with E-state index in [1.54, 1.807) is 0 Å². The lowest BCUT2D eigenvalue weighted by molar-refractivity contribution is -0.394. The number of aryl methyl sites for hydroxylation is 2. The molecule has 0 radical (unpaired) electrons. The zero-order valence-corrected chi connectivity index (χ0v) is 15.4. The summed E-state index contributed by atoms with van der Waals surface area (Å²) in [6, 6.07) is 8.28. The standard InChI is InChI=1S/C18H15N5O6/c1-10-3-4-12(5-11(10)2)6-16-20-21-18(29-16)19-17(24)13-7-14(22(25)26)9-15(8-13)23(27)28/h3-5,7-9H,6H2,1-2H3,(H,19,21,24). The fraction of sp³-hybridized carbons (Fsp3) is 0.167. The van der Waals surface area contributed by atoms with Crippen LogP contribution in [0.15, 0.2) is 40.8 Å². The van der Waals surface area contributed by atoms with Crippen molar-refractivity contribution >= 4 is 23.3 Å². The first-order chi connectivity index (χ1) is 13.7. The van der Waals surface area contributed by atoms with Crippen molar-refractivity contribution in [2.24, 2.45) is 0 Å². The van der Waals surface area contributed by atoms with E-state index in [4.69, 9.17) is 4.42 Å². The first-order valence-corrected chi connectivity index (χ1v) is 8.36. The molecule has 0 aliphatic carbocycles. The van der Waals surface area contributed by atoms with Crippen LogP contribution in [0.5, 0.6) is 0 Å². The summed E-state index contributed by atoms with van der Waals surface area (Å²) in [4.78, 5) is 32.6. The Morgan fingerprint density at radius 1 is 1.00 bits per heavy atom.